The van der Waals surface area contributed by atoms with Crippen LogP contribution in [0.2, 0.25) is 0 Å². The Morgan fingerprint density at radius 1 is 0.696 bits per heavy atom. The first kappa shape index (κ1) is 21.9. The Morgan fingerprint density at radius 3 is 1.39 bits per heavy atom. The zero-order valence-electron chi connectivity index (χ0n) is 14.6. The van der Waals surface area contributed by atoms with Gasteiger partial charge in [-0.05, 0) is 6.42 Å². The molecule has 5 heteroatoms. The van der Waals surface area contributed by atoms with Crippen molar-refractivity contribution in [3.63, 3.8) is 0 Å². The molecule has 0 bridgehead atoms. The third-order valence-corrected chi connectivity index (χ3v) is 4.21. The van der Waals surface area contributed by atoms with Gasteiger partial charge in [0.15, 0.2) is 0 Å². The molecule has 0 aromatic carbocycles. The molecule has 23 heavy (non-hydrogen) atoms. The van der Waals surface area contributed by atoms with Crippen LogP contribution in [-0.4, -0.2) is 32.9 Å². The Balaban J connectivity index is 3.66. The Morgan fingerprint density at radius 2 is 1.04 bits per heavy atom. The molecule has 136 valence electrons. The van der Waals surface area contributed by atoms with E-state index in [-0.39, 0.29) is 6.42 Å². The Kier molecular flexibility index (Phi) is 12.7. The highest BCUT2D eigenvalue weighted by molar-refractivity contribution is 5.72. The minimum absolute atomic E-state index is 0.239. The van der Waals surface area contributed by atoms with Crippen molar-refractivity contribution in [3.8, 4) is 0 Å². The van der Waals surface area contributed by atoms with Gasteiger partial charge in [0.05, 0.1) is 18.4 Å². The Labute approximate surface area is 140 Å². The minimum Gasteiger partial charge on any atom is -0.481 e. The van der Waals surface area contributed by atoms with Gasteiger partial charge in [-0.15, -0.1) is 0 Å². The lowest BCUT2D eigenvalue weighted by Gasteiger charge is -2.24. The van der Waals surface area contributed by atoms with E-state index in [4.69, 9.17) is 10.2 Å². The quantitative estimate of drug-likeness (QED) is 0.365. The van der Waals surface area contributed by atoms with Crippen LogP contribution in [0.3, 0.4) is 0 Å². The first-order valence-electron chi connectivity index (χ1n) is 9.05. The summed E-state index contributed by atoms with van der Waals surface area (Å²) in [6.07, 6.45) is 12.1. The topological polar surface area (TPSA) is 94.8 Å². The van der Waals surface area contributed by atoms with Gasteiger partial charge in [0.2, 0.25) is 0 Å². The summed E-state index contributed by atoms with van der Waals surface area (Å²) in [5.41, 5.74) is -1.61. The van der Waals surface area contributed by atoms with Crippen molar-refractivity contribution in [2.24, 2.45) is 0 Å². The summed E-state index contributed by atoms with van der Waals surface area (Å²) in [4.78, 5) is 21.5. The summed E-state index contributed by atoms with van der Waals surface area (Å²) in [6.45, 7) is 2.22. The van der Waals surface area contributed by atoms with Crippen LogP contribution in [0.15, 0.2) is 0 Å². The Bertz CT molecular complexity index is 311. The van der Waals surface area contributed by atoms with Crippen molar-refractivity contribution in [1.82, 2.24) is 0 Å². The molecule has 5 nitrogen and oxygen atoms in total. The van der Waals surface area contributed by atoms with Gasteiger partial charge in [-0.1, -0.05) is 77.6 Å². The molecule has 0 amide bonds. The van der Waals surface area contributed by atoms with Crippen LogP contribution in [0.4, 0.5) is 0 Å². The third-order valence-electron chi connectivity index (χ3n) is 4.21. The molecule has 0 aliphatic carbocycles. The van der Waals surface area contributed by atoms with Gasteiger partial charge in [-0.3, -0.25) is 9.59 Å². The van der Waals surface area contributed by atoms with Crippen LogP contribution < -0.4 is 0 Å². The second-order valence-corrected chi connectivity index (χ2v) is 6.65. The monoisotopic (exact) mass is 330 g/mol. The predicted octanol–water partition coefficient (Wildman–Crippen LogP) is 4.37. The molecule has 0 aliphatic rings. The van der Waals surface area contributed by atoms with E-state index in [1.165, 1.54) is 44.9 Å². The number of aliphatic hydroxyl groups is 1. The summed E-state index contributed by atoms with van der Waals surface area (Å²) >= 11 is 0. The second kappa shape index (κ2) is 13.3. The first-order chi connectivity index (χ1) is 10.9. The first-order valence-corrected chi connectivity index (χ1v) is 9.05. The zero-order chi connectivity index (χ0) is 17.6. The molecule has 0 atom stereocenters. The molecular formula is C18H34O5. The minimum atomic E-state index is -1.61. The van der Waals surface area contributed by atoms with Crippen molar-refractivity contribution in [2.45, 2.75) is 102 Å². The summed E-state index contributed by atoms with van der Waals surface area (Å²) < 4.78 is 0. The molecule has 0 spiro atoms. The lowest BCUT2D eigenvalue weighted by Crippen LogP contribution is -2.34. The zero-order valence-corrected chi connectivity index (χ0v) is 14.6. The van der Waals surface area contributed by atoms with Crippen LogP contribution in [0.5, 0.6) is 0 Å². The molecule has 0 fully saturated rings. The molecule has 0 radical (unpaired) electrons. The molecule has 0 aromatic rings. The van der Waals surface area contributed by atoms with E-state index in [0.29, 0.717) is 6.42 Å². The number of unbranched alkanes of at least 4 members (excludes halogenated alkanes) is 10. The number of rotatable bonds is 16. The van der Waals surface area contributed by atoms with Gasteiger partial charge in [0.25, 0.3) is 0 Å². The Hall–Kier alpha value is -1.10. The summed E-state index contributed by atoms with van der Waals surface area (Å²) in [5, 5.41) is 27.7. The molecule has 0 unspecified atom stereocenters. The molecular weight excluding hydrogens is 296 g/mol. The standard InChI is InChI=1S/C18H34O5/c1-2-3-4-5-6-7-8-9-10-11-12-13-18(23,14-16(19)20)15-17(21)22/h23H,2-15H2,1H3,(H,19,20)(H,21,22). The SMILES string of the molecule is CCCCCCCCCCCCCC(O)(CC(=O)O)CC(=O)O. The van der Waals surface area contributed by atoms with E-state index in [0.717, 1.165) is 19.3 Å². The van der Waals surface area contributed by atoms with Crippen molar-refractivity contribution in [3.05, 3.63) is 0 Å². The van der Waals surface area contributed by atoms with E-state index in [1.54, 1.807) is 0 Å². The number of carboxylic acids is 2. The fourth-order valence-electron chi connectivity index (χ4n) is 2.92. The number of hydrogen-bond acceptors (Lipinski definition) is 3. The van der Waals surface area contributed by atoms with Crippen LogP contribution in [-0.2, 0) is 9.59 Å². The van der Waals surface area contributed by atoms with Crippen molar-refractivity contribution in [1.29, 1.82) is 0 Å². The van der Waals surface area contributed by atoms with Gasteiger partial charge >= 0.3 is 11.9 Å². The second-order valence-electron chi connectivity index (χ2n) is 6.65. The van der Waals surface area contributed by atoms with Crippen molar-refractivity contribution in [2.75, 3.05) is 0 Å². The van der Waals surface area contributed by atoms with Gasteiger partial charge in [-0.25, -0.2) is 0 Å². The molecule has 0 saturated carbocycles. The van der Waals surface area contributed by atoms with E-state index in [2.05, 4.69) is 6.92 Å². The average molecular weight is 330 g/mol. The number of hydrogen-bond donors (Lipinski definition) is 3. The largest absolute Gasteiger partial charge is 0.481 e. The van der Waals surface area contributed by atoms with Gasteiger partial charge in [0, 0.05) is 0 Å². The maximum Gasteiger partial charge on any atom is 0.306 e. The molecule has 3 N–H and O–H groups in total. The van der Waals surface area contributed by atoms with Crippen molar-refractivity contribution < 1.29 is 24.9 Å². The summed E-state index contributed by atoms with van der Waals surface area (Å²) in [7, 11) is 0. The van der Waals surface area contributed by atoms with Gasteiger partial charge < -0.3 is 15.3 Å². The highest BCUT2D eigenvalue weighted by Gasteiger charge is 2.32. The third kappa shape index (κ3) is 14.2. The lowest BCUT2D eigenvalue weighted by molar-refractivity contribution is -0.149. The van der Waals surface area contributed by atoms with E-state index < -0.39 is 30.4 Å². The lowest BCUT2D eigenvalue weighted by atomic mass is 9.89. The number of aliphatic carboxylic acids is 2. The van der Waals surface area contributed by atoms with Crippen LogP contribution in [0, 0.1) is 0 Å². The molecule has 0 aliphatic heterocycles. The normalized spacial score (nSPS) is 11.6. The highest BCUT2D eigenvalue weighted by atomic mass is 16.4. The molecule has 0 aromatic heterocycles. The smallest absolute Gasteiger partial charge is 0.306 e. The maximum atomic E-state index is 10.7. The van der Waals surface area contributed by atoms with Crippen LogP contribution >= 0.6 is 0 Å². The number of carbonyl (C=O) groups is 2. The van der Waals surface area contributed by atoms with Crippen molar-refractivity contribution >= 4 is 11.9 Å². The highest BCUT2D eigenvalue weighted by Crippen LogP contribution is 2.24. The summed E-state index contributed by atoms with van der Waals surface area (Å²) in [5.74, 6) is -2.31. The van der Waals surface area contributed by atoms with Crippen LogP contribution in [0.25, 0.3) is 0 Å². The average Bonchev–Trinajstić information content (AvgIpc) is 2.43. The predicted molar refractivity (Wildman–Crippen MR) is 90.5 cm³/mol. The number of carboxylic acid groups (broad SMARTS) is 2. The van der Waals surface area contributed by atoms with Gasteiger partial charge in [0.1, 0.15) is 0 Å². The maximum absolute atomic E-state index is 10.7. The fourth-order valence-corrected chi connectivity index (χ4v) is 2.92. The molecule has 0 rings (SSSR count). The van der Waals surface area contributed by atoms with Crippen LogP contribution in [0.1, 0.15) is 96.8 Å². The van der Waals surface area contributed by atoms with E-state index >= 15 is 0 Å². The van der Waals surface area contributed by atoms with E-state index in [1.807, 2.05) is 0 Å². The molecule has 0 heterocycles. The molecule has 0 saturated heterocycles. The fraction of sp³-hybridized carbons (Fsp3) is 0.889. The summed E-state index contributed by atoms with van der Waals surface area (Å²) in [6, 6.07) is 0. The van der Waals surface area contributed by atoms with Gasteiger partial charge in [-0.2, -0.15) is 0 Å². The van der Waals surface area contributed by atoms with E-state index in [9.17, 15) is 14.7 Å².